The Kier molecular flexibility index (Phi) is 2.34. The maximum Gasteiger partial charge on any atom is 0.305 e. The Morgan fingerprint density at radius 3 is 3.20 bits per heavy atom. The van der Waals surface area contributed by atoms with E-state index in [1.54, 1.807) is 18.3 Å². The lowest BCUT2D eigenvalue weighted by Crippen LogP contribution is -2.15. The molecule has 0 saturated heterocycles. The number of carboxylic acids is 1. The maximum atomic E-state index is 10.5. The van der Waals surface area contributed by atoms with E-state index in [-0.39, 0.29) is 6.42 Å². The number of nitrogens with one attached hydrogen (secondary N) is 1. The number of carboxylic acid groups (broad SMARTS) is 1. The molecule has 0 aliphatic heterocycles. The summed E-state index contributed by atoms with van der Waals surface area (Å²) in [4.78, 5) is 14.6. The van der Waals surface area contributed by atoms with E-state index in [4.69, 9.17) is 10.8 Å². The van der Waals surface area contributed by atoms with Crippen molar-refractivity contribution in [2.75, 3.05) is 0 Å². The topological polar surface area (TPSA) is 105 Å². The molecule has 0 aliphatic rings. The van der Waals surface area contributed by atoms with Gasteiger partial charge < -0.3 is 10.8 Å². The molecule has 6 nitrogen and oxygen atoms in total. The third-order valence-electron chi connectivity index (χ3n) is 2.10. The number of nitrogens with zero attached hydrogens (tertiary/aromatic N) is 2. The van der Waals surface area contributed by atoms with E-state index in [2.05, 4.69) is 15.2 Å². The summed E-state index contributed by atoms with van der Waals surface area (Å²) in [6.45, 7) is 0. The van der Waals surface area contributed by atoms with E-state index in [0.717, 1.165) is 0 Å². The average molecular weight is 206 g/mol. The van der Waals surface area contributed by atoms with Crippen molar-refractivity contribution in [3.63, 3.8) is 0 Å². The minimum Gasteiger partial charge on any atom is -0.481 e. The lowest BCUT2D eigenvalue weighted by atomic mass is 10.1. The number of hydrogen-bond donors (Lipinski definition) is 3. The van der Waals surface area contributed by atoms with Crippen molar-refractivity contribution in [3.8, 4) is 0 Å². The average Bonchev–Trinajstić information content (AvgIpc) is 2.59. The van der Waals surface area contributed by atoms with E-state index in [1.807, 2.05) is 0 Å². The van der Waals surface area contributed by atoms with Gasteiger partial charge in [-0.2, -0.15) is 5.10 Å². The molecule has 1 unspecified atom stereocenters. The monoisotopic (exact) mass is 206 g/mol. The van der Waals surface area contributed by atoms with Crippen LogP contribution in [0.4, 0.5) is 0 Å². The predicted octanol–water partition coefficient (Wildman–Crippen LogP) is 0.432. The van der Waals surface area contributed by atoms with Crippen LogP contribution in [0.1, 0.15) is 18.2 Å². The molecule has 0 radical (unpaired) electrons. The van der Waals surface area contributed by atoms with Crippen molar-refractivity contribution in [2.45, 2.75) is 12.5 Å². The minimum absolute atomic E-state index is 0.145. The number of H-pyrrole nitrogens is 1. The van der Waals surface area contributed by atoms with Gasteiger partial charge >= 0.3 is 5.97 Å². The zero-order chi connectivity index (χ0) is 10.8. The summed E-state index contributed by atoms with van der Waals surface area (Å²) < 4.78 is 0. The molecular formula is C9H10N4O2. The zero-order valence-electron chi connectivity index (χ0n) is 7.84. The van der Waals surface area contributed by atoms with Crippen LogP contribution in [0.15, 0.2) is 18.3 Å². The second kappa shape index (κ2) is 3.66. The molecular weight excluding hydrogens is 196 g/mol. The van der Waals surface area contributed by atoms with Crippen LogP contribution in [-0.2, 0) is 4.79 Å². The molecule has 0 aliphatic carbocycles. The van der Waals surface area contributed by atoms with Crippen molar-refractivity contribution in [1.29, 1.82) is 0 Å². The highest BCUT2D eigenvalue weighted by Gasteiger charge is 2.16. The van der Waals surface area contributed by atoms with Gasteiger partial charge in [-0.05, 0) is 12.1 Å². The third kappa shape index (κ3) is 1.79. The Labute approximate surface area is 85.1 Å². The first kappa shape index (κ1) is 9.60. The number of carbonyl (C=O) groups is 1. The Hall–Kier alpha value is -1.95. The summed E-state index contributed by atoms with van der Waals surface area (Å²) >= 11 is 0. The van der Waals surface area contributed by atoms with Gasteiger partial charge in [0, 0.05) is 6.20 Å². The summed E-state index contributed by atoms with van der Waals surface area (Å²) in [6.07, 6.45) is 1.47. The molecule has 6 heteroatoms. The number of hydrogen-bond acceptors (Lipinski definition) is 4. The zero-order valence-corrected chi connectivity index (χ0v) is 7.84. The van der Waals surface area contributed by atoms with Crippen LogP contribution < -0.4 is 5.73 Å². The number of pyridine rings is 1. The summed E-state index contributed by atoms with van der Waals surface area (Å²) in [7, 11) is 0. The number of nitrogens with two attached hydrogens (primary N) is 1. The normalized spacial score (nSPS) is 12.9. The Morgan fingerprint density at radius 1 is 1.67 bits per heavy atom. The molecule has 0 aromatic carbocycles. The Bertz CT molecular complexity index is 494. The highest BCUT2D eigenvalue weighted by Crippen LogP contribution is 2.19. The molecule has 78 valence electrons. The van der Waals surface area contributed by atoms with E-state index < -0.39 is 12.0 Å². The van der Waals surface area contributed by atoms with E-state index >= 15 is 0 Å². The van der Waals surface area contributed by atoms with Crippen molar-refractivity contribution >= 4 is 17.0 Å². The third-order valence-corrected chi connectivity index (χ3v) is 2.10. The van der Waals surface area contributed by atoms with E-state index in [9.17, 15) is 4.79 Å². The first-order chi connectivity index (χ1) is 7.18. The lowest BCUT2D eigenvalue weighted by Gasteiger charge is -2.05. The molecule has 0 spiro atoms. The second-order valence-corrected chi connectivity index (χ2v) is 3.21. The lowest BCUT2D eigenvalue weighted by molar-refractivity contribution is -0.137. The number of fused-ring (bicyclic) bond motifs is 1. The van der Waals surface area contributed by atoms with Crippen molar-refractivity contribution in [2.24, 2.45) is 5.73 Å². The maximum absolute atomic E-state index is 10.5. The Balaban J connectivity index is 2.39. The largest absolute Gasteiger partial charge is 0.481 e. The number of rotatable bonds is 3. The van der Waals surface area contributed by atoms with Gasteiger partial charge in [-0.1, -0.05) is 0 Å². The van der Waals surface area contributed by atoms with Crippen LogP contribution in [0.3, 0.4) is 0 Å². The van der Waals surface area contributed by atoms with Gasteiger partial charge in [0.05, 0.1) is 18.2 Å². The van der Waals surface area contributed by atoms with Crippen LogP contribution >= 0.6 is 0 Å². The van der Waals surface area contributed by atoms with Crippen molar-refractivity contribution in [1.82, 2.24) is 15.2 Å². The predicted molar refractivity (Wildman–Crippen MR) is 53.1 cm³/mol. The highest BCUT2D eigenvalue weighted by atomic mass is 16.4. The van der Waals surface area contributed by atoms with Gasteiger partial charge in [-0.3, -0.25) is 14.9 Å². The summed E-state index contributed by atoms with van der Waals surface area (Å²) in [5.74, 6) is -0.943. The molecule has 15 heavy (non-hydrogen) atoms. The molecule has 2 aromatic heterocycles. The molecule has 2 heterocycles. The quantitative estimate of drug-likeness (QED) is 0.675. The van der Waals surface area contributed by atoms with Crippen LogP contribution in [0.2, 0.25) is 0 Å². The number of aromatic nitrogens is 3. The van der Waals surface area contributed by atoms with E-state index in [1.165, 1.54) is 0 Å². The van der Waals surface area contributed by atoms with Crippen LogP contribution in [0.5, 0.6) is 0 Å². The number of aliphatic carboxylic acids is 1. The van der Waals surface area contributed by atoms with Crippen LogP contribution in [0.25, 0.3) is 11.0 Å². The summed E-state index contributed by atoms with van der Waals surface area (Å²) in [5.41, 5.74) is 7.60. The molecule has 0 saturated carbocycles. The van der Waals surface area contributed by atoms with E-state index in [0.29, 0.717) is 16.7 Å². The number of aromatic amines is 1. The first-order valence-electron chi connectivity index (χ1n) is 4.45. The molecule has 4 N–H and O–H groups in total. The van der Waals surface area contributed by atoms with Gasteiger partial charge in [0.1, 0.15) is 11.0 Å². The molecule has 2 aromatic rings. The fourth-order valence-electron chi connectivity index (χ4n) is 1.42. The molecule has 1 atom stereocenters. The minimum atomic E-state index is -0.943. The SMILES string of the molecule is NC(CC(=O)O)c1[nH]nc2cccnc12. The highest BCUT2D eigenvalue weighted by molar-refractivity contribution is 5.78. The van der Waals surface area contributed by atoms with Gasteiger partial charge in [0.15, 0.2) is 0 Å². The second-order valence-electron chi connectivity index (χ2n) is 3.21. The van der Waals surface area contributed by atoms with Gasteiger partial charge in [-0.25, -0.2) is 0 Å². The van der Waals surface area contributed by atoms with Gasteiger partial charge in [-0.15, -0.1) is 0 Å². The van der Waals surface area contributed by atoms with Crippen LogP contribution in [-0.4, -0.2) is 26.3 Å². The standard InChI is InChI=1S/C9H10N4O2/c10-5(4-7(14)15)8-9-6(12-13-8)2-1-3-11-9/h1-3,5H,4,10H2,(H,12,13)(H,14,15). The van der Waals surface area contributed by atoms with Crippen molar-refractivity contribution < 1.29 is 9.90 Å². The van der Waals surface area contributed by atoms with Gasteiger partial charge in [0.25, 0.3) is 0 Å². The molecule has 0 bridgehead atoms. The summed E-state index contributed by atoms with van der Waals surface area (Å²) in [6, 6.07) is 2.94. The smallest absolute Gasteiger partial charge is 0.305 e. The first-order valence-corrected chi connectivity index (χ1v) is 4.45. The Morgan fingerprint density at radius 2 is 2.47 bits per heavy atom. The molecule has 2 rings (SSSR count). The fourth-order valence-corrected chi connectivity index (χ4v) is 1.42. The molecule has 0 fully saturated rings. The fraction of sp³-hybridized carbons (Fsp3) is 0.222. The molecule has 0 amide bonds. The van der Waals surface area contributed by atoms with Crippen molar-refractivity contribution in [3.05, 3.63) is 24.0 Å². The van der Waals surface area contributed by atoms with Gasteiger partial charge in [0.2, 0.25) is 0 Å². The van der Waals surface area contributed by atoms with Crippen LogP contribution in [0, 0.1) is 0 Å². The summed E-state index contributed by atoms with van der Waals surface area (Å²) in [5, 5.41) is 15.3.